The number of nitrogens with one attached hydrogen (secondary N) is 3. The maximum Gasteiger partial charge on any atom is 0.251 e. The Kier molecular flexibility index (Phi) is 6.93. The summed E-state index contributed by atoms with van der Waals surface area (Å²) in [5.41, 5.74) is 2.89. The van der Waals surface area contributed by atoms with Crippen LogP contribution in [0.2, 0.25) is 0 Å². The Bertz CT molecular complexity index is 1300. The molecule has 0 saturated heterocycles. The maximum atomic E-state index is 13.1. The Morgan fingerprint density at radius 2 is 1.68 bits per heavy atom. The predicted octanol–water partition coefficient (Wildman–Crippen LogP) is 3.15. The molecule has 0 spiro atoms. The van der Waals surface area contributed by atoms with Crippen LogP contribution in [0.1, 0.15) is 21.5 Å². The predicted molar refractivity (Wildman–Crippen MR) is 129 cm³/mol. The zero-order valence-corrected chi connectivity index (χ0v) is 19.1. The summed E-state index contributed by atoms with van der Waals surface area (Å²) in [7, 11) is -3.65. The molecule has 3 aromatic carbocycles. The van der Waals surface area contributed by atoms with Crippen molar-refractivity contribution in [3.8, 4) is 0 Å². The first-order chi connectivity index (χ1) is 16.3. The van der Waals surface area contributed by atoms with Gasteiger partial charge in [0, 0.05) is 12.1 Å². The fourth-order valence-electron chi connectivity index (χ4n) is 3.72. The van der Waals surface area contributed by atoms with E-state index in [2.05, 4.69) is 16.0 Å². The number of benzene rings is 3. The van der Waals surface area contributed by atoms with Crippen LogP contribution in [0, 0.1) is 5.82 Å². The van der Waals surface area contributed by atoms with E-state index in [4.69, 9.17) is 0 Å². The van der Waals surface area contributed by atoms with Crippen LogP contribution in [0.4, 0.5) is 15.8 Å². The summed E-state index contributed by atoms with van der Waals surface area (Å²) >= 11 is 0. The molecule has 0 aliphatic carbocycles. The van der Waals surface area contributed by atoms with Gasteiger partial charge in [0.25, 0.3) is 5.91 Å². The molecule has 2 amide bonds. The van der Waals surface area contributed by atoms with Crippen LogP contribution < -0.4 is 16.0 Å². The first-order valence-corrected chi connectivity index (χ1v) is 12.6. The van der Waals surface area contributed by atoms with E-state index < -0.39 is 33.4 Å². The summed E-state index contributed by atoms with van der Waals surface area (Å²) in [5, 5.41) is 8.49. The minimum Gasteiger partial charge on any atom is -0.371 e. The second kappa shape index (κ2) is 10.0. The zero-order valence-electron chi connectivity index (χ0n) is 18.3. The summed E-state index contributed by atoms with van der Waals surface area (Å²) < 4.78 is 38.2. The van der Waals surface area contributed by atoms with Crippen LogP contribution in [-0.4, -0.2) is 38.6 Å². The van der Waals surface area contributed by atoms with Gasteiger partial charge in [0.05, 0.1) is 22.9 Å². The molecule has 7 nitrogen and oxygen atoms in total. The van der Waals surface area contributed by atoms with Crippen molar-refractivity contribution in [2.45, 2.75) is 18.2 Å². The molecule has 0 radical (unpaired) electrons. The number of hydrogen-bond acceptors (Lipinski definition) is 5. The number of sulfone groups is 1. The van der Waals surface area contributed by atoms with E-state index in [1.807, 2.05) is 30.3 Å². The molecule has 0 saturated carbocycles. The summed E-state index contributed by atoms with van der Waals surface area (Å²) in [6.07, 6.45) is 0.698. The number of halogens is 1. The highest BCUT2D eigenvalue weighted by molar-refractivity contribution is 7.90. The van der Waals surface area contributed by atoms with Crippen molar-refractivity contribution in [2.75, 3.05) is 22.9 Å². The standard InChI is InChI=1S/C25H24FN3O4S/c26-20-9-6-18(7-10-20)15-34(32,33)16-23-25(31)29-22-14-19(8-11-21(22)28-23)24(30)27-13-12-17-4-2-1-3-5-17/h1-11,14,23,28H,12-13,15-16H2,(H,27,30)(H,29,31)/t23-/m0/s1. The SMILES string of the molecule is O=C(NCCc1ccccc1)c1ccc2c(c1)NC(=O)[C@H](CS(=O)(=O)Cc1ccc(F)cc1)N2. The van der Waals surface area contributed by atoms with E-state index in [1.165, 1.54) is 24.3 Å². The molecule has 0 aromatic heterocycles. The number of hydrogen-bond donors (Lipinski definition) is 3. The molecule has 0 fully saturated rings. The number of rotatable bonds is 8. The van der Waals surface area contributed by atoms with Crippen molar-refractivity contribution >= 4 is 33.0 Å². The topological polar surface area (TPSA) is 104 Å². The third-order valence-corrected chi connectivity index (χ3v) is 7.06. The Morgan fingerprint density at radius 3 is 2.41 bits per heavy atom. The molecule has 1 heterocycles. The first-order valence-electron chi connectivity index (χ1n) is 10.8. The Hall–Kier alpha value is -3.72. The van der Waals surface area contributed by atoms with Gasteiger partial charge in [0.15, 0.2) is 9.84 Å². The fourth-order valence-corrected chi connectivity index (χ4v) is 5.28. The quantitative estimate of drug-likeness (QED) is 0.459. The van der Waals surface area contributed by atoms with Gasteiger partial charge in [-0.2, -0.15) is 0 Å². The highest BCUT2D eigenvalue weighted by Gasteiger charge is 2.30. The molecule has 9 heteroatoms. The van der Waals surface area contributed by atoms with Gasteiger partial charge < -0.3 is 16.0 Å². The fraction of sp³-hybridized carbons (Fsp3) is 0.200. The second-order valence-corrected chi connectivity index (χ2v) is 10.2. The molecule has 4 rings (SSSR count). The number of fused-ring (bicyclic) bond motifs is 1. The molecular weight excluding hydrogens is 457 g/mol. The molecule has 1 aliphatic heterocycles. The third-order valence-electron chi connectivity index (χ3n) is 5.45. The maximum absolute atomic E-state index is 13.1. The zero-order chi connectivity index (χ0) is 24.1. The van der Waals surface area contributed by atoms with Crippen molar-refractivity contribution in [1.82, 2.24) is 5.32 Å². The lowest BCUT2D eigenvalue weighted by Gasteiger charge is -2.27. The van der Waals surface area contributed by atoms with Gasteiger partial charge in [-0.25, -0.2) is 12.8 Å². The van der Waals surface area contributed by atoms with Crippen LogP contribution in [0.25, 0.3) is 0 Å². The Morgan fingerprint density at radius 1 is 0.941 bits per heavy atom. The Balaban J connectivity index is 1.36. The molecule has 1 atom stereocenters. The van der Waals surface area contributed by atoms with E-state index in [-0.39, 0.29) is 11.7 Å². The van der Waals surface area contributed by atoms with Crippen molar-refractivity contribution in [1.29, 1.82) is 0 Å². The largest absolute Gasteiger partial charge is 0.371 e. The number of anilines is 2. The van der Waals surface area contributed by atoms with Crippen LogP contribution >= 0.6 is 0 Å². The monoisotopic (exact) mass is 481 g/mol. The van der Waals surface area contributed by atoms with Gasteiger partial charge in [0.1, 0.15) is 11.9 Å². The molecule has 176 valence electrons. The summed E-state index contributed by atoms with van der Waals surface area (Å²) in [6.45, 7) is 0.471. The van der Waals surface area contributed by atoms with Crippen molar-refractivity contribution < 1.29 is 22.4 Å². The molecule has 1 aliphatic rings. The van der Waals surface area contributed by atoms with E-state index >= 15 is 0 Å². The molecule has 3 N–H and O–H groups in total. The lowest BCUT2D eigenvalue weighted by molar-refractivity contribution is -0.116. The second-order valence-electron chi connectivity index (χ2n) is 8.12. The van der Waals surface area contributed by atoms with Crippen LogP contribution in [0.3, 0.4) is 0 Å². The Labute approximate surface area is 197 Å². The average Bonchev–Trinajstić information content (AvgIpc) is 2.81. The van der Waals surface area contributed by atoms with Crippen LogP contribution in [-0.2, 0) is 26.8 Å². The van der Waals surface area contributed by atoms with Crippen molar-refractivity contribution in [3.05, 3.63) is 95.3 Å². The lowest BCUT2D eigenvalue weighted by atomic mass is 10.1. The van der Waals surface area contributed by atoms with Gasteiger partial charge >= 0.3 is 0 Å². The summed E-state index contributed by atoms with van der Waals surface area (Å²) in [6, 6.07) is 18.8. The highest BCUT2D eigenvalue weighted by Crippen LogP contribution is 2.28. The number of amides is 2. The summed E-state index contributed by atoms with van der Waals surface area (Å²) in [5.74, 6) is -1.94. The molecule has 0 bridgehead atoms. The van der Waals surface area contributed by atoms with E-state index in [0.29, 0.717) is 35.5 Å². The molecule has 3 aromatic rings. The van der Waals surface area contributed by atoms with Gasteiger partial charge in [-0.05, 0) is 47.9 Å². The molecule has 34 heavy (non-hydrogen) atoms. The average molecular weight is 482 g/mol. The molecule has 0 unspecified atom stereocenters. The van der Waals surface area contributed by atoms with E-state index in [1.54, 1.807) is 18.2 Å². The third kappa shape index (κ3) is 5.99. The van der Waals surface area contributed by atoms with Gasteiger partial charge in [-0.15, -0.1) is 0 Å². The van der Waals surface area contributed by atoms with Gasteiger partial charge in [-0.3, -0.25) is 9.59 Å². The minimum atomic E-state index is -3.65. The summed E-state index contributed by atoms with van der Waals surface area (Å²) in [4.78, 5) is 25.1. The van der Waals surface area contributed by atoms with Crippen molar-refractivity contribution in [2.24, 2.45) is 0 Å². The lowest BCUT2D eigenvalue weighted by Crippen LogP contribution is -2.43. The first kappa shape index (κ1) is 23.4. The van der Waals surface area contributed by atoms with Crippen molar-refractivity contribution in [3.63, 3.8) is 0 Å². The molecular formula is C25H24FN3O4S. The van der Waals surface area contributed by atoms with Crippen LogP contribution in [0.5, 0.6) is 0 Å². The smallest absolute Gasteiger partial charge is 0.251 e. The van der Waals surface area contributed by atoms with E-state index in [9.17, 15) is 22.4 Å². The highest BCUT2D eigenvalue weighted by atomic mass is 32.2. The minimum absolute atomic E-state index is 0.267. The normalized spacial score (nSPS) is 15.1. The number of carbonyl (C=O) groups excluding carboxylic acids is 2. The van der Waals surface area contributed by atoms with E-state index in [0.717, 1.165) is 5.56 Å². The number of carbonyl (C=O) groups is 2. The van der Waals surface area contributed by atoms with Gasteiger partial charge in [0.2, 0.25) is 5.91 Å². The van der Waals surface area contributed by atoms with Gasteiger partial charge in [-0.1, -0.05) is 42.5 Å². The van der Waals surface area contributed by atoms with Crippen LogP contribution in [0.15, 0.2) is 72.8 Å².